The molecule has 0 aliphatic heterocycles. The van der Waals surface area contributed by atoms with Crippen LogP contribution in [0, 0.1) is 0 Å². The molecule has 0 aliphatic carbocycles. The molecule has 0 aliphatic rings. The summed E-state index contributed by atoms with van der Waals surface area (Å²) in [5.41, 5.74) is 0. The number of hydrogen-bond acceptors (Lipinski definition) is 2. The minimum absolute atomic E-state index is 0.0200. The maximum atomic E-state index is 12.6. The van der Waals surface area contributed by atoms with Gasteiger partial charge in [-0.05, 0) is 45.4 Å². The van der Waals surface area contributed by atoms with E-state index in [9.17, 15) is 9.59 Å². The van der Waals surface area contributed by atoms with Crippen LogP contribution in [0.4, 0.5) is 0 Å². The lowest BCUT2D eigenvalue weighted by Gasteiger charge is -2.18. The summed E-state index contributed by atoms with van der Waals surface area (Å²) in [6.45, 7) is 7.12. The Balaban J connectivity index is 3.72. The van der Waals surface area contributed by atoms with Crippen molar-refractivity contribution in [2.45, 2.75) is 239 Å². The Bertz CT molecular complexity index is 662. The molecule has 4 nitrogen and oxygen atoms in total. The minimum atomic E-state index is -0.377. The predicted molar refractivity (Wildman–Crippen MR) is 203 cm³/mol. The molecule has 0 aromatic carbocycles. The van der Waals surface area contributed by atoms with Crippen LogP contribution in [0.3, 0.4) is 0 Å². The fraction of sp³-hybridized carbons (Fsp3) is 0.905. The van der Waals surface area contributed by atoms with Crippen molar-refractivity contribution >= 4 is 11.8 Å². The average molecular weight is 647 g/mol. The Morgan fingerprint density at radius 3 is 1.20 bits per heavy atom. The summed E-state index contributed by atoms with van der Waals surface area (Å²) in [6, 6.07) is -0.377. The second-order valence-corrected chi connectivity index (χ2v) is 14.1. The van der Waals surface area contributed by atoms with Gasteiger partial charge in [-0.25, -0.2) is 0 Å². The summed E-state index contributed by atoms with van der Waals surface area (Å²) < 4.78 is 0. The van der Waals surface area contributed by atoms with Crippen molar-refractivity contribution in [2.24, 2.45) is 0 Å². The fourth-order valence-electron chi connectivity index (χ4n) is 6.44. The van der Waals surface area contributed by atoms with Crippen molar-refractivity contribution in [3.8, 4) is 0 Å². The number of unbranched alkanes of at least 4 members (excludes halogenated alkanes) is 28. The molecule has 0 saturated carbocycles. The van der Waals surface area contributed by atoms with Crippen molar-refractivity contribution in [3.05, 3.63) is 12.2 Å². The van der Waals surface area contributed by atoms with E-state index in [2.05, 4.69) is 36.6 Å². The molecule has 272 valence electrons. The first-order valence-electron chi connectivity index (χ1n) is 20.9. The van der Waals surface area contributed by atoms with Gasteiger partial charge in [0.05, 0.1) is 0 Å². The van der Waals surface area contributed by atoms with E-state index in [0.29, 0.717) is 13.0 Å². The molecular formula is C42H82N2O2. The van der Waals surface area contributed by atoms with Crippen molar-refractivity contribution in [2.75, 3.05) is 6.54 Å². The van der Waals surface area contributed by atoms with E-state index in [1.54, 1.807) is 0 Å². The van der Waals surface area contributed by atoms with Gasteiger partial charge in [0.25, 0.3) is 0 Å². The second-order valence-electron chi connectivity index (χ2n) is 14.1. The lowest BCUT2D eigenvalue weighted by atomic mass is 10.0. The average Bonchev–Trinajstić information content (AvgIpc) is 3.05. The van der Waals surface area contributed by atoms with Gasteiger partial charge in [-0.3, -0.25) is 9.59 Å². The van der Waals surface area contributed by atoms with E-state index in [0.717, 1.165) is 32.1 Å². The number of nitrogens with one attached hydrogen (secondary N) is 2. The van der Waals surface area contributed by atoms with Crippen molar-refractivity contribution < 1.29 is 9.59 Å². The zero-order valence-corrected chi connectivity index (χ0v) is 31.6. The van der Waals surface area contributed by atoms with Crippen molar-refractivity contribution in [3.63, 3.8) is 0 Å². The topological polar surface area (TPSA) is 58.2 Å². The molecular weight excluding hydrogens is 564 g/mol. The van der Waals surface area contributed by atoms with Gasteiger partial charge in [-0.1, -0.05) is 193 Å². The summed E-state index contributed by atoms with van der Waals surface area (Å²) in [5.74, 6) is 0.0246. The van der Waals surface area contributed by atoms with Gasteiger partial charge in [0, 0.05) is 13.0 Å². The lowest BCUT2D eigenvalue weighted by molar-refractivity contribution is -0.129. The minimum Gasteiger partial charge on any atom is -0.355 e. The fourth-order valence-corrected chi connectivity index (χ4v) is 6.44. The van der Waals surface area contributed by atoms with Crippen LogP contribution < -0.4 is 10.6 Å². The highest BCUT2D eigenvalue weighted by atomic mass is 16.2. The molecule has 0 aromatic rings. The monoisotopic (exact) mass is 647 g/mol. The smallest absolute Gasteiger partial charge is 0.242 e. The summed E-state index contributed by atoms with van der Waals surface area (Å²) >= 11 is 0. The normalized spacial score (nSPS) is 12.2. The van der Waals surface area contributed by atoms with Crippen LogP contribution in [-0.4, -0.2) is 24.4 Å². The molecule has 0 rings (SSSR count). The van der Waals surface area contributed by atoms with Gasteiger partial charge >= 0.3 is 0 Å². The molecule has 0 bridgehead atoms. The molecule has 0 heterocycles. The largest absolute Gasteiger partial charge is 0.355 e. The molecule has 46 heavy (non-hydrogen) atoms. The second kappa shape index (κ2) is 38.1. The zero-order valence-electron chi connectivity index (χ0n) is 31.6. The lowest BCUT2D eigenvalue weighted by Crippen LogP contribution is -2.46. The van der Waals surface area contributed by atoms with Crippen LogP contribution in [0.25, 0.3) is 0 Å². The van der Waals surface area contributed by atoms with Gasteiger partial charge in [0.15, 0.2) is 0 Å². The highest BCUT2D eigenvalue weighted by Gasteiger charge is 2.19. The van der Waals surface area contributed by atoms with Gasteiger partial charge in [0.1, 0.15) is 6.04 Å². The number of likely N-dealkylation sites (N-methyl/N-ethyl adjacent to an activating group) is 1. The molecule has 2 amide bonds. The summed E-state index contributed by atoms with van der Waals surface area (Å²) in [5, 5.41) is 5.97. The van der Waals surface area contributed by atoms with Gasteiger partial charge < -0.3 is 10.6 Å². The standard InChI is InChI=1S/C42H82N2O2/c1-4-7-9-11-13-15-17-19-21-22-23-25-26-28-30-32-34-36-38-40(42(46)43-6-3)44-41(45)39-37-35-33-31-29-27-24-20-18-16-14-12-10-8-5-2/h19,21,40H,4-18,20,22-39H2,1-3H3,(H,43,46)(H,44,45)/b21-19-. The molecule has 2 N–H and O–H groups in total. The molecule has 0 fully saturated rings. The molecule has 1 unspecified atom stereocenters. The Morgan fingerprint density at radius 2 is 0.804 bits per heavy atom. The van der Waals surface area contributed by atoms with Crippen LogP contribution in [0.15, 0.2) is 12.2 Å². The predicted octanol–water partition coefficient (Wildman–Crippen LogP) is 13.1. The number of hydrogen-bond donors (Lipinski definition) is 2. The van der Waals surface area contributed by atoms with Crippen molar-refractivity contribution in [1.29, 1.82) is 0 Å². The molecule has 0 radical (unpaired) electrons. The number of allylic oxidation sites excluding steroid dienone is 2. The molecule has 1 atom stereocenters. The van der Waals surface area contributed by atoms with E-state index in [1.807, 2.05) is 6.92 Å². The zero-order chi connectivity index (χ0) is 33.6. The van der Waals surface area contributed by atoms with Gasteiger partial charge in [-0.2, -0.15) is 0 Å². The number of carbonyl (C=O) groups is 2. The SMILES string of the molecule is CCCCCCCC/C=C\CCCCCCCCCCC(NC(=O)CCCCCCCCCCCCCCCCC)C(=O)NCC. The van der Waals surface area contributed by atoms with E-state index in [4.69, 9.17) is 0 Å². The molecule has 0 spiro atoms. The van der Waals surface area contributed by atoms with E-state index in [1.165, 1.54) is 173 Å². The van der Waals surface area contributed by atoms with Crippen LogP contribution in [-0.2, 0) is 9.59 Å². The third-order valence-corrected chi connectivity index (χ3v) is 9.51. The van der Waals surface area contributed by atoms with E-state index in [-0.39, 0.29) is 17.9 Å². The quantitative estimate of drug-likeness (QED) is 0.0521. The first-order valence-corrected chi connectivity index (χ1v) is 20.9. The van der Waals surface area contributed by atoms with E-state index >= 15 is 0 Å². The maximum Gasteiger partial charge on any atom is 0.242 e. The molecule has 0 saturated heterocycles. The van der Waals surface area contributed by atoms with Gasteiger partial charge in [0.2, 0.25) is 11.8 Å². The van der Waals surface area contributed by atoms with E-state index < -0.39 is 0 Å². The first kappa shape index (κ1) is 44.7. The summed E-state index contributed by atoms with van der Waals surface area (Å²) in [7, 11) is 0. The number of amides is 2. The summed E-state index contributed by atoms with van der Waals surface area (Å²) in [4.78, 5) is 25.2. The van der Waals surface area contributed by atoms with Crippen LogP contribution in [0.5, 0.6) is 0 Å². The Hall–Kier alpha value is -1.32. The highest BCUT2D eigenvalue weighted by Crippen LogP contribution is 2.15. The Kier molecular flexibility index (Phi) is 37.0. The van der Waals surface area contributed by atoms with Crippen molar-refractivity contribution in [1.82, 2.24) is 10.6 Å². The Labute approximate surface area is 288 Å². The maximum absolute atomic E-state index is 12.6. The number of rotatable bonds is 37. The van der Waals surface area contributed by atoms with Gasteiger partial charge in [-0.15, -0.1) is 0 Å². The van der Waals surface area contributed by atoms with Crippen LogP contribution in [0.1, 0.15) is 233 Å². The Morgan fingerprint density at radius 1 is 0.457 bits per heavy atom. The molecule has 4 heteroatoms. The number of carbonyl (C=O) groups excluding carboxylic acids is 2. The third-order valence-electron chi connectivity index (χ3n) is 9.51. The summed E-state index contributed by atoms with van der Waals surface area (Å²) in [6.07, 6.45) is 46.8. The highest BCUT2D eigenvalue weighted by molar-refractivity contribution is 5.87. The first-order chi connectivity index (χ1) is 22.7. The molecule has 0 aromatic heterocycles. The van der Waals surface area contributed by atoms with Crippen LogP contribution >= 0.6 is 0 Å². The third kappa shape index (κ3) is 34.0. The van der Waals surface area contributed by atoms with Crippen LogP contribution in [0.2, 0.25) is 0 Å².